The number of hydrogen-bond donors (Lipinski definition) is 2. The molecular weight excluding hydrogens is 288 g/mol. The standard InChI is InChI=1S/C19H26N2O2/c1-3-12-20-18(22)16-8-10-17(11-9-16)19(23)21-13-15-6-4-14(2)5-7-15/h3-7,16-17H,1,8-13H2,2H3,(H,20,22)(H,21,23). The van der Waals surface area contributed by atoms with Gasteiger partial charge in [0.05, 0.1) is 0 Å². The summed E-state index contributed by atoms with van der Waals surface area (Å²) in [5, 5.41) is 5.85. The monoisotopic (exact) mass is 314 g/mol. The Morgan fingerprint density at radius 1 is 1.04 bits per heavy atom. The van der Waals surface area contributed by atoms with Crippen LogP contribution in [0.15, 0.2) is 36.9 Å². The van der Waals surface area contributed by atoms with Gasteiger partial charge in [0, 0.05) is 24.9 Å². The molecule has 0 unspecified atom stereocenters. The maximum Gasteiger partial charge on any atom is 0.223 e. The Kier molecular flexibility index (Phi) is 6.39. The number of rotatable bonds is 6. The van der Waals surface area contributed by atoms with Crippen LogP contribution in [0.4, 0.5) is 0 Å². The van der Waals surface area contributed by atoms with Crippen LogP contribution in [-0.2, 0) is 16.1 Å². The predicted molar refractivity (Wildman–Crippen MR) is 91.7 cm³/mol. The van der Waals surface area contributed by atoms with Crippen molar-refractivity contribution in [2.45, 2.75) is 39.2 Å². The first-order valence-corrected chi connectivity index (χ1v) is 8.32. The van der Waals surface area contributed by atoms with Gasteiger partial charge in [-0.1, -0.05) is 35.9 Å². The average molecular weight is 314 g/mol. The van der Waals surface area contributed by atoms with Crippen molar-refractivity contribution in [2.24, 2.45) is 11.8 Å². The smallest absolute Gasteiger partial charge is 0.223 e. The minimum Gasteiger partial charge on any atom is -0.352 e. The zero-order valence-electron chi connectivity index (χ0n) is 13.8. The molecule has 0 heterocycles. The second-order valence-electron chi connectivity index (χ2n) is 6.29. The van der Waals surface area contributed by atoms with Crippen LogP contribution in [-0.4, -0.2) is 18.4 Å². The molecule has 1 aromatic carbocycles. The number of nitrogens with one attached hydrogen (secondary N) is 2. The Hall–Kier alpha value is -2.10. The minimum atomic E-state index is 0.0314. The Bertz CT molecular complexity index is 543. The summed E-state index contributed by atoms with van der Waals surface area (Å²) in [6.07, 6.45) is 4.82. The van der Waals surface area contributed by atoms with Gasteiger partial charge in [-0.15, -0.1) is 6.58 Å². The van der Waals surface area contributed by atoms with Crippen molar-refractivity contribution < 1.29 is 9.59 Å². The molecule has 2 amide bonds. The quantitative estimate of drug-likeness (QED) is 0.793. The molecule has 0 radical (unpaired) electrons. The number of hydrogen-bond acceptors (Lipinski definition) is 2. The Labute approximate surface area is 138 Å². The van der Waals surface area contributed by atoms with Crippen LogP contribution in [0.25, 0.3) is 0 Å². The van der Waals surface area contributed by atoms with Gasteiger partial charge in [0.1, 0.15) is 0 Å². The molecule has 0 saturated heterocycles. The molecule has 1 fully saturated rings. The van der Waals surface area contributed by atoms with Crippen molar-refractivity contribution in [3.8, 4) is 0 Å². The molecule has 0 bridgehead atoms. The van der Waals surface area contributed by atoms with Gasteiger partial charge in [0.25, 0.3) is 0 Å². The van der Waals surface area contributed by atoms with Gasteiger partial charge in [-0.05, 0) is 38.2 Å². The predicted octanol–water partition coefficient (Wildman–Crippen LogP) is 2.72. The summed E-state index contributed by atoms with van der Waals surface area (Å²) in [6, 6.07) is 8.18. The third-order valence-corrected chi connectivity index (χ3v) is 4.48. The van der Waals surface area contributed by atoms with E-state index in [4.69, 9.17) is 0 Å². The van der Waals surface area contributed by atoms with Gasteiger partial charge >= 0.3 is 0 Å². The van der Waals surface area contributed by atoms with E-state index in [0.717, 1.165) is 31.2 Å². The molecule has 1 saturated carbocycles. The van der Waals surface area contributed by atoms with Crippen LogP contribution >= 0.6 is 0 Å². The van der Waals surface area contributed by atoms with Crippen molar-refractivity contribution in [1.82, 2.24) is 10.6 Å². The molecule has 0 spiro atoms. The van der Waals surface area contributed by atoms with E-state index >= 15 is 0 Å². The Morgan fingerprint density at radius 2 is 1.57 bits per heavy atom. The highest BCUT2D eigenvalue weighted by atomic mass is 16.2. The molecule has 1 aromatic rings. The lowest BCUT2D eigenvalue weighted by atomic mass is 9.81. The molecule has 0 aliphatic heterocycles. The molecule has 0 atom stereocenters. The molecular formula is C19H26N2O2. The molecule has 2 rings (SSSR count). The van der Waals surface area contributed by atoms with Gasteiger partial charge in [0.2, 0.25) is 11.8 Å². The summed E-state index contributed by atoms with van der Waals surface area (Å²) in [5.41, 5.74) is 2.33. The number of aryl methyl sites for hydroxylation is 1. The highest BCUT2D eigenvalue weighted by Crippen LogP contribution is 2.29. The first-order valence-electron chi connectivity index (χ1n) is 8.32. The van der Waals surface area contributed by atoms with Crippen LogP contribution in [0.5, 0.6) is 0 Å². The number of carbonyl (C=O) groups is 2. The van der Waals surface area contributed by atoms with Crippen molar-refractivity contribution in [1.29, 1.82) is 0 Å². The van der Waals surface area contributed by atoms with E-state index in [1.807, 2.05) is 19.1 Å². The van der Waals surface area contributed by atoms with Crippen LogP contribution in [0.2, 0.25) is 0 Å². The minimum absolute atomic E-state index is 0.0314. The summed E-state index contributed by atoms with van der Waals surface area (Å²) in [4.78, 5) is 24.2. The molecule has 1 aliphatic carbocycles. The van der Waals surface area contributed by atoms with E-state index in [9.17, 15) is 9.59 Å². The maximum atomic E-state index is 12.3. The van der Waals surface area contributed by atoms with Crippen molar-refractivity contribution in [2.75, 3.05) is 6.54 Å². The lowest BCUT2D eigenvalue weighted by Crippen LogP contribution is -2.37. The number of benzene rings is 1. The van der Waals surface area contributed by atoms with Crippen molar-refractivity contribution in [3.05, 3.63) is 48.0 Å². The lowest BCUT2D eigenvalue weighted by molar-refractivity contribution is -0.130. The van der Waals surface area contributed by atoms with Crippen LogP contribution in [0.3, 0.4) is 0 Å². The molecule has 4 heteroatoms. The third-order valence-electron chi connectivity index (χ3n) is 4.48. The fourth-order valence-corrected chi connectivity index (χ4v) is 2.97. The van der Waals surface area contributed by atoms with Gasteiger partial charge in [-0.3, -0.25) is 9.59 Å². The van der Waals surface area contributed by atoms with Crippen molar-refractivity contribution >= 4 is 11.8 Å². The fraction of sp³-hybridized carbons (Fsp3) is 0.474. The molecule has 4 nitrogen and oxygen atoms in total. The number of carbonyl (C=O) groups excluding carboxylic acids is 2. The summed E-state index contributed by atoms with van der Waals surface area (Å²) >= 11 is 0. The van der Waals surface area contributed by atoms with E-state index in [1.165, 1.54) is 5.56 Å². The molecule has 23 heavy (non-hydrogen) atoms. The highest BCUT2D eigenvalue weighted by Gasteiger charge is 2.29. The summed E-state index contributed by atoms with van der Waals surface area (Å²) in [5.74, 6) is 0.263. The van der Waals surface area contributed by atoms with Gasteiger partial charge < -0.3 is 10.6 Å². The molecule has 124 valence electrons. The third kappa shape index (κ3) is 5.23. The highest BCUT2D eigenvalue weighted by molar-refractivity contribution is 5.81. The van der Waals surface area contributed by atoms with Crippen molar-refractivity contribution in [3.63, 3.8) is 0 Å². The Balaban J connectivity index is 1.74. The number of amides is 2. The second-order valence-corrected chi connectivity index (χ2v) is 6.29. The molecule has 0 aromatic heterocycles. The zero-order chi connectivity index (χ0) is 16.7. The first-order chi connectivity index (χ1) is 11.1. The summed E-state index contributed by atoms with van der Waals surface area (Å²) in [6.45, 7) is 6.72. The van der Waals surface area contributed by atoms with Gasteiger partial charge in [0.15, 0.2) is 0 Å². The largest absolute Gasteiger partial charge is 0.352 e. The van der Waals surface area contributed by atoms with Gasteiger partial charge in [-0.25, -0.2) is 0 Å². The van der Waals surface area contributed by atoms with E-state index in [1.54, 1.807) is 6.08 Å². The Morgan fingerprint density at radius 3 is 2.09 bits per heavy atom. The normalized spacial score (nSPS) is 20.6. The van der Waals surface area contributed by atoms with E-state index in [-0.39, 0.29) is 23.7 Å². The van der Waals surface area contributed by atoms with Crippen LogP contribution in [0.1, 0.15) is 36.8 Å². The molecule has 2 N–H and O–H groups in total. The van der Waals surface area contributed by atoms with E-state index in [0.29, 0.717) is 13.1 Å². The van der Waals surface area contributed by atoms with E-state index < -0.39 is 0 Å². The fourth-order valence-electron chi connectivity index (χ4n) is 2.97. The maximum absolute atomic E-state index is 12.3. The van der Waals surface area contributed by atoms with Crippen LogP contribution < -0.4 is 10.6 Å². The first kappa shape index (κ1) is 17.3. The van der Waals surface area contributed by atoms with Gasteiger partial charge in [-0.2, -0.15) is 0 Å². The van der Waals surface area contributed by atoms with Crippen LogP contribution in [0, 0.1) is 18.8 Å². The summed E-state index contributed by atoms with van der Waals surface area (Å²) < 4.78 is 0. The average Bonchev–Trinajstić information content (AvgIpc) is 2.59. The topological polar surface area (TPSA) is 58.2 Å². The lowest BCUT2D eigenvalue weighted by Gasteiger charge is -2.27. The van der Waals surface area contributed by atoms with E-state index in [2.05, 4.69) is 29.3 Å². The summed E-state index contributed by atoms with van der Waals surface area (Å²) in [7, 11) is 0. The second kappa shape index (κ2) is 8.51. The SMILES string of the molecule is C=CCNC(=O)C1CCC(C(=O)NCc2ccc(C)cc2)CC1. The zero-order valence-corrected chi connectivity index (χ0v) is 13.8. The molecule has 1 aliphatic rings.